The molecule has 0 spiro atoms. The maximum atomic E-state index is 5.14. The van der Waals surface area contributed by atoms with E-state index in [9.17, 15) is 0 Å². The molecule has 2 heterocycles. The molecule has 0 amide bonds. The van der Waals surface area contributed by atoms with Crippen LogP contribution in [-0.2, 0) is 5.41 Å². The minimum Gasteiger partial charge on any atom is -0.309 e. The van der Waals surface area contributed by atoms with Gasteiger partial charge in [-0.15, -0.1) is 0 Å². The van der Waals surface area contributed by atoms with Crippen LogP contribution < -0.4 is 0 Å². The Labute approximate surface area is 313 Å². The Morgan fingerprint density at radius 2 is 0.981 bits per heavy atom. The highest BCUT2D eigenvalue weighted by atomic mass is 15.0. The lowest BCUT2D eigenvalue weighted by Crippen LogP contribution is -2.15. The van der Waals surface area contributed by atoms with Gasteiger partial charge in [0, 0.05) is 38.3 Å². The van der Waals surface area contributed by atoms with Gasteiger partial charge in [0.25, 0.3) is 0 Å². The molecule has 254 valence electrons. The Morgan fingerprint density at radius 1 is 0.407 bits per heavy atom. The van der Waals surface area contributed by atoms with Crippen LogP contribution in [-0.4, -0.2) is 19.5 Å². The Balaban J connectivity index is 1.19. The van der Waals surface area contributed by atoms with Crippen LogP contribution in [0, 0.1) is 0 Å². The summed E-state index contributed by atoms with van der Waals surface area (Å²) >= 11 is 0. The van der Waals surface area contributed by atoms with Gasteiger partial charge in [-0.2, -0.15) is 0 Å². The molecule has 1 aliphatic rings. The van der Waals surface area contributed by atoms with Crippen molar-refractivity contribution in [3.05, 3.63) is 181 Å². The van der Waals surface area contributed by atoms with Gasteiger partial charge in [0.1, 0.15) is 0 Å². The predicted molar refractivity (Wildman–Crippen MR) is 223 cm³/mol. The lowest BCUT2D eigenvalue weighted by atomic mass is 9.80. The fourth-order valence-corrected chi connectivity index (χ4v) is 8.86. The molecule has 0 bridgehead atoms. The summed E-state index contributed by atoms with van der Waals surface area (Å²) < 4.78 is 2.46. The Bertz CT molecular complexity index is 3060. The van der Waals surface area contributed by atoms with Crippen LogP contribution in [0.1, 0.15) is 25.0 Å². The SMILES string of the molecule is CC1(C)c2cc3c(cc2-c2ccc4ccccc4c21)c1ccccc1n3-c1cc(-c2nc(-c3ccccc3)nc(-c3ccccc3)n2)cc2ccccc12. The van der Waals surface area contributed by atoms with Crippen LogP contribution in [0.3, 0.4) is 0 Å². The summed E-state index contributed by atoms with van der Waals surface area (Å²) in [7, 11) is 0. The molecule has 0 atom stereocenters. The maximum Gasteiger partial charge on any atom is 0.164 e. The van der Waals surface area contributed by atoms with Crippen molar-refractivity contribution in [2.45, 2.75) is 19.3 Å². The quantitative estimate of drug-likeness (QED) is 0.185. The molecule has 0 unspecified atom stereocenters. The second kappa shape index (κ2) is 11.5. The highest BCUT2D eigenvalue weighted by Crippen LogP contribution is 2.53. The highest BCUT2D eigenvalue weighted by molar-refractivity contribution is 6.13. The number of para-hydroxylation sites is 1. The number of nitrogens with zero attached hydrogens (tertiary/aromatic N) is 4. The first-order chi connectivity index (χ1) is 26.5. The number of fused-ring (bicyclic) bond motifs is 9. The van der Waals surface area contributed by atoms with E-state index >= 15 is 0 Å². The van der Waals surface area contributed by atoms with E-state index in [-0.39, 0.29) is 5.41 Å². The van der Waals surface area contributed by atoms with E-state index in [1.54, 1.807) is 0 Å². The number of rotatable bonds is 4. The van der Waals surface area contributed by atoms with Gasteiger partial charge in [0.2, 0.25) is 0 Å². The largest absolute Gasteiger partial charge is 0.309 e. The first kappa shape index (κ1) is 30.7. The molecule has 0 fully saturated rings. The fourth-order valence-electron chi connectivity index (χ4n) is 8.86. The zero-order valence-corrected chi connectivity index (χ0v) is 30.0. The van der Waals surface area contributed by atoms with Crippen molar-refractivity contribution < 1.29 is 0 Å². The molecule has 4 heteroatoms. The number of aromatic nitrogens is 4. The van der Waals surface area contributed by atoms with Crippen LogP contribution in [0.4, 0.5) is 0 Å². The molecule has 11 rings (SSSR count). The molecule has 0 aliphatic heterocycles. The molecular formula is C50H34N4. The van der Waals surface area contributed by atoms with Crippen molar-refractivity contribution in [1.82, 2.24) is 19.5 Å². The minimum atomic E-state index is -0.183. The van der Waals surface area contributed by atoms with Gasteiger partial charge in [0.05, 0.1) is 16.7 Å². The zero-order valence-electron chi connectivity index (χ0n) is 30.0. The van der Waals surface area contributed by atoms with Gasteiger partial charge in [0.15, 0.2) is 17.5 Å². The Morgan fingerprint density at radius 3 is 1.69 bits per heavy atom. The van der Waals surface area contributed by atoms with Crippen molar-refractivity contribution in [2.75, 3.05) is 0 Å². The van der Waals surface area contributed by atoms with Crippen LogP contribution in [0.15, 0.2) is 170 Å². The van der Waals surface area contributed by atoms with Crippen molar-refractivity contribution in [3.8, 4) is 51.0 Å². The topological polar surface area (TPSA) is 43.6 Å². The number of hydrogen-bond donors (Lipinski definition) is 0. The van der Waals surface area contributed by atoms with Crippen LogP contribution >= 0.6 is 0 Å². The third kappa shape index (κ3) is 4.53. The van der Waals surface area contributed by atoms with E-state index in [2.05, 4.69) is 152 Å². The standard InChI is InChI=1S/C50H34N4/c1-50(2)42-30-45-41(29-40(42)39-26-25-31-15-9-12-22-37(31)46(39)50)38-23-13-14-24-43(38)54(45)44-28-35(27-34-20-10-11-21-36(34)44)49-52-47(32-16-5-3-6-17-32)51-48(53-49)33-18-7-4-8-19-33/h3-30H,1-2H3. The van der Waals surface area contributed by atoms with Crippen molar-refractivity contribution in [2.24, 2.45) is 0 Å². The van der Waals surface area contributed by atoms with E-state index in [1.807, 2.05) is 36.4 Å². The second-order valence-electron chi connectivity index (χ2n) is 14.9. The average molecular weight is 691 g/mol. The summed E-state index contributed by atoms with van der Waals surface area (Å²) in [4.78, 5) is 15.2. The Hall–Kier alpha value is -6.91. The third-order valence-corrected chi connectivity index (χ3v) is 11.4. The van der Waals surface area contributed by atoms with Crippen molar-refractivity contribution in [3.63, 3.8) is 0 Å². The predicted octanol–water partition coefficient (Wildman–Crippen LogP) is 12.6. The van der Waals surface area contributed by atoms with Crippen molar-refractivity contribution in [1.29, 1.82) is 0 Å². The molecule has 0 N–H and O–H groups in total. The minimum absolute atomic E-state index is 0.183. The van der Waals surface area contributed by atoms with Gasteiger partial charge in [-0.25, -0.2) is 15.0 Å². The summed E-state index contributed by atoms with van der Waals surface area (Å²) in [6.45, 7) is 4.77. The molecule has 54 heavy (non-hydrogen) atoms. The molecule has 4 nitrogen and oxygen atoms in total. The van der Waals surface area contributed by atoms with Crippen LogP contribution in [0.5, 0.6) is 0 Å². The summed E-state index contributed by atoms with van der Waals surface area (Å²) in [5.74, 6) is 1.94. The van der Waals surface area contributed by atoms with Gasteiger partial charge in [-0.3, -0.25) is 0 Å². The third-order valence-electron chi connectivity index (χ3n) is 11.4. The smallest absolute Gasteiger partial charge is 0.164 e. The molecule has 8 aromatic carbocycles. The Kier molecular flexibility index (Phi) is 6.56. The zero-order chi connectivity index (χ0) is 36.0. The van der Waals surface area contributed by atoms with Gasteiger partial charge >= 0.3 is 0 Å². The van der Waals surface area contributed by atoms with E-state index in [0.29, 0.717) is 17.5 Å². The average Bonchev–Trinajstić information content (AvgIpc) is 3.67. The molecular weight excluding hydrogens is 657 g/mol. The molecule has 0 radical (unpaired) electrons. The lowest BCUT2D eigenvalue weighted by molar-refractivity contribution is 0.667. The van der Waals surface area contributed by atoms with Gasteiger partial charge < -0.3 is 4.57 Å². The molecule has 0 saturated heterocycles. The highest BCUT2D eigenvalue weighted by Gasteiger charge is 2.38. The normalized spacial score (nSPS) is 13.1. The van der Waals surface area contributed by atoms with Crippen LogP contribution in [0.25, 0.3) is 94.3 Å². The van der Waals surface area contributed by atoms with Crippen LogP contribution in [0.2, 0.25) is 0 Å². The van der Waals surface area contributed by atoms with Gasteiger partial charge in [-0.05, 0) is 68.7 Å². The monoisotopic (exact) mass is 690 g/mol. The molecule has 1 aliphatic carbocycles. The maximum absolute atomic E-state index is 5.14. The molecule has 0 saturated carbocycles. The first-order valence-electron chi connectivity index (χ1n) is 18.5. The lowest BCUT2D eigenvalue weighted by Gasteiger charge is -2.23. The fraction of sp³-hybridized carbons (Fsp3) is 0.0600. The molecule has 10 aromatic rings. The van der Waals surface area contributed by atoms with Gasteiger partial charge in [-0.1, -0.05) is 153 Å². The summed E-state index contributed by atoms with van der Waals surface area (Å²) in [6.07, 6.45) is 0. The summed E-state index contributed by atoms with van der Waals surface area (Å²) in [5, 5.41) is 7.37. The van der Waals surface area contributed by atoms with E-state index in [1.165, 1.54) is 60.2 Å². The number of hydrogen-bond acceptors (Lipinski definition) is 3. The second-order valence-corrected chi connectivity index (χ2v) is 14.9. The van der Waals surface area contributed by atoms with Crippen molar-refractivity contribution >= 4 is 43.4 Å². The van der Waals surface area contributed by atoms with E-state index < -0.39 is 0 Å². The van der Waals surface area contributed by atoms with E-state index in [0.717, 1.165) is 27.8 Å². The molecule has 2 aromatic heterocycles. The number of benzene rings is 8. The summed E-state index contributed by atoms with van der Waals surface area (Å²) in [6, 6.07) is 60.6. The van der Waals surface area contributed by atoms with E-state index in [4.69, 9.17) is 15.0 Å². The first-order valence-corrected chi connectivity index (χ1v) is 18.5. The summed E-state index contributed by atoms with van der Waals surface area (Å²) in [5.41, 5.74) is 11.5.